The molecule has 0 unspecified atom stereocenters. The third-order valence-electron chi connectivity index (χ3n) is 6.48. The van der Waals surface area contributed by atoms with Gasteiger partial charge in [0, 0.05) is 16.8 Å². The highest BCUT2D eigenvalue weighted by Crippen LogP contribution is 2.26. The van der Waals surface area contributed by atoms with Crippen molar-refractivity contribution in [2.24, 2.45) is 0 Å². The topological polar surface area (TPSA) is 75.3 Å². The van der Waals surface area contributed by atoms with Gasteiger partial charge >= 0.3 is 0 Å². The lowest BCUT2D eigenvalue weighted by atomic mass is 10.0. The number of carbonyl (C=O) groups excluding carboxylic acids is 3. The molecule has 42 heavy (non-hydrogen) atoms. The fourth-order valence-corrected chi connectivity index (χ4v) is 4.67. The zero-order valence-electron chi connectivity index (χ0n) is 22.2. The molecule has 0 spiro atoms. The van der Waals surface area contributed by atoms with Crippen molar-refractivity contribution < 1.29 is 14.4 Å². The standard InChI is InChI=1S/C35H24Cl2N2O3/c36-30-15-7-12-25(33(30)37)18-21-32(40)24-16-19-28(20-17-24)38-35(42)31(39-34(41)26-9-2-1-3-10-26)22-27-13-6-11-23-8-4-5-14-29(23)27/h1-22H,(H,38,42)(H,39,41)/b21-18+,31-22-. The Kier molecular flexibility index (Phi) is 8.93. The molecule has 0 fully saturated rings. The van der Waals surface area contributed by atoms with Gasteiger partial charge in [0.05, 0.1) is 10.0 Å². The number of ketones is 1. The molecular weight excluding hydrogens is 567 g/mol. The number of hydrogen-bond donors (Lipinski definition) is 2. The van der Waals surface area contributed by atoms with Crippen LogP contribution in [0.4, 0.5) is 5.69 Å². The van der Waals surface area contributed by atoms with Gasteiger partial charge in [0.25, 0.3) is 11.8 Å². The highest BCUT2D eigenvalue weighted by molar-refractivity contribution is 6.43. The fourth-order valence-electron chi connectivity index (χ4n) is 4.30. The molecule has 0 aromatic heterocycles. The Morgan fingerprint density at radius 3 is 2.10 bits per heavy atom. The summed E-state index contributed by atoms with van der Waals surface area (Å²) in [5.74, 6) is -1.16. The minimum Gasteiger partial charge on any atom is -0.321 e. The first-order valence-electron chi connectivity index (χ1n) is 13.0. The molecule has 5 aromatic rings. The number of rotatable bonds is 8. The van der Waals surface area contributed by atoms with Crippen molar-refractivity contribution in [2.75, 3.05) is 5.32 Å². The molecular formula is C35H24Cl2N2O3. The van der Waals surface area contributed by atoms with Crippen LogP contribution in [0.15, 0.2) is 127 Å². The minimum absolute atomic E-state index is 0.0710. The summed E-state index contributed by atoms with van der Waals surface area (Å²) in [5, 5.41) is 8.30. The van der Waals surface area contributed by atoms with Crippen molar-refractivity contribution in [1.82, 2.24) is 5.32 Å². The Balaban J connectivity index is 1.37. The fraction of sp³-hybridized carbons (Fsp3) is 0. The molecule has 0 saturated heterocycles. The molecule has 0 aliphatic carbocycles. The Morgan fingerprint density at radius 1 is 0.643 bits per heavy atom. The monoisotopic (exact) mass is 590 g/mol. The van der Waals surface area contributed by atoms with Crippen molar-refractivity contribution in [1.29, 1.82) is 0 Å². The molecule has 0 heterocycles. The zero-order valence-corrected chi connectivity index (χ0v) is 23.7. The van der Waals surface area contributed by atoms with Crippen LogP contribution in [-0.4, -0.2) is 17.6 Å². The predicted octanol–water partition coefficient (Wildman–Crippen LogP) is 8.45. The Hall–Kier alpha value is -4.97. The largest absolute Gasteiger partial charge is 0.321 e. The first-order valence-corrected chi connectivity index (χ1v) is 13.8. The van der Waals surface area contributed by atoms with Gasteiger partial charge in [-0.15, -0.1) is 0 Å². The van der Waals surface area contributed by atoms with Crippen LogP contribution in [0.25, 0.3) is 22.9 Å². The van der Waals surface area contributed by atoms with Crippen LogP contribution in [-0.2, 0) is 4.79 Å². The number of anilines is 1. The molecule has 206 valence electrons. The van der Waals surface area contributed by atoms with Gasteiger partial charge in [-0.05, 0) is 82.6 Å². The third kappa shape index (κ3) is 6.84. The highest BCUT2D eigenvalue weighted by atomic mass is 35.5. The molecule has 0 bridgehead atoms. The molecule has 0 saturated carbocycles. The number of hydrogen-bond acceptors (Lipinski definition) is 3. The number of carbonyl (C=O) groups is 3. The predicted molar refractivity (Wildman–Crippen MR) is 171 cm³/mol. The third-order valence-corrected chi connectivity index (χ3v) is 7.31. The summed E-state index contributed by atoms with van der Waals surface area (Å²) in [6.07, 6.45) is 4.67. The van der Waals surface area contributed by atoms with E-state index in [-0.39, 0.29) is 11.5 Å². The lowest BCUT2D eigenvalue weighted by Gasteiger charge is -2.12. The first-order chi connectivity index (χ1) is 20.4. The maximum atomic E-state index is 13.5. The van der Waals surface area contributed by atoms with Crippen molar-refractivity contribution in [3.63, 3.8) is 0 Å². The van der Waals surface area contributed by atoms with Gasteiger partial charge < -0.3 is 10.6 Å². The number of fused-ring (bicyclic) bond motifs is 1. The molecule has 5 rings (SSSR count). The quantitative estimate of drug-likeness (QED) is 0.140. The molecule has 0 atom stereocenters. The van der Waals surface area contributed by atoms with Gasteiger partial charge in [-0.2, -0.15) is 0 Å². The lowest BCUT2D eigenvalue weighted by Crippen LogP contribution is -2.30. The summed E-state index contributed by atoms with van der Waals surface area (Å²) >= 11 is 12.2. The van der Waals surface area contributed by atoms with Crippen molar-refractivity contribution >= 4 is 69.4 Å². The van der Waals surface area contributed by atoms with Crippen LogP contribution in [0.2, 0.25) is 10.0 Å². The van der Waals surface area contributed by atoms with E-state index in [1.165, 1.54) is 6.08 Å². The van der Waals surface area contributed by atoms with E-state index in [0.29, 0.717) is 32.4 Å². The Morgan fingerprint density at radius 2 is 1.31 bits per heavy atom. The molecule has 5 nitrogen and oxygen atoms in total. The number of nitrogens with one attached hydrogen (secondary N) is 2. The van der Waals surface area contributed by atoms with Gasteiger partial charge in [0.1, 0.15) is 5.70 Å². The van der Waals surface area contributed by atoms with Gasteiger partial charge in [-0.1, -0.05) is 96.0 Å². The van der Waals surface area contributed by atoms with Gasteiger partial charge in [0.2, 0.25) is 0 Å². The zero-order chi connectivity index (χ0) is 29.5. The van der Waals surface area contributed by atoms with E-state index in [1.54, 1.807) is 78.9 Å². The Bertz CT molecular complexity index is 1840. The van der Waals surface area contributed by atoms with E-state index in [9.17, 15) is 14.4 Å². The van der Waals surface area contributed by atoms with Crippen molar-refractivity contribution in [2.45, 2.75) is 0 Å². The van der Waals surface area contributed by atoms with Crippen LogP contribution in [0.3, 0.4) is 0 Å². The summed E-state index contributed by atoms with van der Waals surface area (Å²) in [6, 6.07) is 33.9. The van der Waals surface area contributed by atoms with Crippen LogP contribution in [0, 0.1) is 0 Å². The summed E-state index contributed by atoms with van der Waals surface area (Å²) in [7, 11) is 0. The average Bonchev–Trinajstić information content (AvgIpc) is 3.02. The molecule has 2 N–H and O–H groups in total. The van der Waals surface area contributed by atoms with Crippen LogP contribution in [0.1, 0.15) is 31.8 Å². The second kappa shape index (κ2) is 13.1. The molecule has 0 radical (unpaired) electrons. The van der Waals surface area contributed by atoms with E-state index in [2.05, 4.69) is 10.6 Å². The van der Waals surface area contributed by atoms with E-state index in [4.69, 9.17) is 23.2 Å². The first kappa shape index (κ1) is 28.6. The van der Waals surface area contributed by atoms with E-state index in [0.717, 1.165) is 16.3 Å². The molecule has 0 aliphatic heterocycles. The number of amides is 2. The second-order valence-electron chi connectivity index (χ2n) is 9.32. The lowest BCUT2D eigenvalue weighted by molar-refractivity contribution is -0.113. The summed E-state index contributed by atoms with van der Waals surface area (Å²) in [6.45, 7) is 0. The molecule has 0 aliphatic rings. The van der Waals surface area contributed by atoms with Gasteiger partial charge in [0.15, 0.2) is 5.78 Å². The molecule has 7 heteroatoms. The number of benzene rings is 5. The maximum absolute atomic E-state index is 13.5. The summed E-state index contributed by atoms with van der Waals surface area (Å²) < 4.78 is 0. The molecule has 5 aromatic carbocycles. The van der Waals surface area contributed by atoms with E-state index < -0.39 is 11.8 Å². The average molecular weight is 591 g/mol. The SMILES string of the molecule is O=C(Nc1ccc(C(=O)/C=C/c2cccc(Cl)c2Cl)cc1)/C(=C/c1cccc2ccccc12)NC(=O)c1ccccc1. The van der Waals surface area contributed by atoms with Crippen LogP contribution in [0.5, 0.6) is 0 Å². The van der Waals surface area contributed by atoms with Gasteiger partial charge in [-0.3, -0.25) is 14.4 Å². The number of halogens is 2. The smallest absolute Gasteiger partial charge is 0.272 e. The summed E-state index contributed by atoms with van der Waals surface area (Å²) in [5.41, 5.74) is 2.77. The van der Waals surface area contributed by atoms with E-state index >= 15 is 0 Å². The minimum atomic E-state index is -0.512. The second-order valence-corrected chi connectivity index (χ2v) is 10.1. The number of allylic oxidation sites excluding steroid dienone is 1. The maximum Gasteiger partial charge on any atom is 0.272 e. The van der Waals surface area contributed by atoms with Crippen molar-refractivity contribution in [3.05, 3.63) is 159 Å². The normalized spacial score (nSPS) is 11.4. The van der Waals surface area contributed by atoms with Crippen LogP contribution >= 0.6 is 23.2 Å². The Labute approximate surface area is 253 Å². The highest BCUT2D eigenvalue weighted by Gasteiger charge is 2.16. The van der Waals surface area contributed by atoms with Crippen molar-refractivity contribution in [3.8, 4) is 0 Å². The van der Waals surface area contributed by atoms with Gasteiger partial charge in [-0.25, -0.2) is 0 Å². The molecule has 2 amide bonds. The van der Waals surface area contributed by atoms with E-state index in [1.807, 2.05) is 48.5 Å². The summed E-state index contributed by atoms with van der Waals surface area (Å²) in [4.78, 5) is 39.2. The van der Waals surface area contributed by atoms with Crippen LogP contribution < -0.4 is 10.6 Å².